The van der Waals surface area contributed by atoms with Crippen LogP contribution in [0.2, 0.25) is 0 Å². The second kappa shape index (κ2) is 11.2. The van der Waals surface area contributed by atoms with E-state index in [9.17, 15) is 14.4 Å². The van der Waals surface area contributed by atoms with Crippen molar-refractivity contribution in [3.8, 4) is 11.1 Å². The summed E-state index contributed by atoms with van der Waals surface area (Å²) in [7, 11) is 0. The number of rotatable bonds is 11. The van der Waals surface area contributed by atoms with Gasteiger partial charge in [-0.15, -0.1) is 0 Å². The first-order chi connectivity index (χ1) is 15.1. The zero-order valence-corrected chi connectivity index (χ0v) is 17.5. The zero-order valence-electron chi connectivity index (χ0n) is 17.5. The first-order valence-electron chi connectivity index (χ1n) is 10.6. The molecule has 0 radical (unpaired) electrons. The molecule has 0 saturated heterocycles. The molecule has 0 aromatic heterocycles. The molecule has 3 rings (SSSR count). The lowest BCUT2D eigenvalue weighted by atomic mass is 9.98. The molecule has 1 aliphatic rings. The van der Waals surface area contributed by atoms with Crippen molar-refractivity contribution in [1.82, 2.24) is 5.32 Å². The SMILES string of the molecule is NC(=O)CCC(=O)OCCCCCNC(=O)OCC1c2ccccc2-c2ccccc21. The van der Waals surface area contributed by atoms with E-state index in [1.54, 1.807) is 0 Å². The first-order valence-corrected chi connectivity index (χ1v) is 10.6. The number of benzene rings is 2. The number of hydrogen-bond acceptors (Lipinski definition) is 5. The summed E-state index contributed by atoms with van der Waals surface area (Å²) in [5.41, 5.74) is 9.74. The molecule has 2 aromatic carbocycles. The van der Waals surface area contributed by atoms with E-state index in [1.165, 1.54) is 22.3 Å². The number of esters is 1. The number of fused-ring (bicyclic) bond motifs is 3. The minimum absolute atomic E-state index is 0.00287. The van der Waals surface area contributed by atoms with Crippen molar-refractivity contribution in [1.29, 1.82) is 0 Å². The second-order valence-electron chi connectivity index (χ2n) is 7.50. The van der Waals surface area contributed by atoms with Gasteiger partial charge in [0.1, 0.15) is 6.61 Å². The number of alkyl carbamates (subject to hydrolysis) is 1. The summed E-state index contributed by atoms with van der Waals surface area (Å²) in [4.78, 5) is 34.1. The molecule has 0 fully saturated rings. The lowest BCUT2D eigenvalue weighted by Crippen LogP contribution is -2.27. The molecule has 0 heterocycles. The number of ether oxygens (including phenoxy) is 2. The number of carbonyl (C=O) groups is 3. The lowest BCUT2D eigenvalue weighted by molar-refractivity contribution is -0.144. The number of nitrogens with two attached hydrogens (primary N) is 1. The minimum Gasteiger partial charge on any atom is -0.466 e. The van der Waals surface area contributed by atoms with Crippen LogP contribution in [-0.4, -0.2) is 37.7 Å². The standard InChI is InChI=1S/C24H28N2O5/c25-22(27)12-13-23(28)30-15-7-1-6-14-26-24(29)31-16-21-19-10-4-2-8-17(19)18-9-3-5-11-20(18)21/h2-5,8-11,21H,1,6-7,12-16H2,(H2,25,27)(H,26,29). The Morgan fingerprint density at radius 3 is 2.13 bits per heavy atom. The summed E-state index contributed by atoms with van der Waals surface area (Å²) in [5.74, 6) is -0.894. The third kappa shape index (κ3) is 6.31. The number of unbranched alkanes of at least 4 members (excludes halogenated alkanes) is 2. The highest BCUT2D eigenvalue weighted by Crippen LogP contribution is 2.44. The molecule has 0 spiro atoms. The predicted molar refractivity (Wildman–Crippen MR) is 116 cm³/mol. The summed E-state index contributed by atoms with van der Waals surface area (Å²) in [5, 5.41) is 2.77. The van der Waals surface area contributed by atoms with Crippen LogP contribution >= 0.6 is 0 Å². The van der Waals surface area contributed by atoms with E-state index in [1.807, 2.05) is 24.3 Å². The quantitative estimate of drug-likeness (QED) is 0.424. The van der Waals surface area contributed by atoms with Crippen LogP contribution < -0.4 is 11.1 Å². The maximum Gasteiger partial charge on any atom is 0.407 e. The average molecular weight is 424 g/mol. The molecular formula is C24H28N2O5. The van der Waals surface area contributed by atoms with Crippen LogP contribution in [0.4, 0.5) is 4.79 Å². The maximum absolute atomic E-state index is 12.1. The van der Waals surface area contributed by atoms with Crippen LogP contribution in [0.5, 0.6) is 0 Å². The Bertz CT molecular complexity index is 882. The summed E-state index contributed by atoms with van der Waals surface area (Å²) in [6.45, 7) is 1.08. The predicted octanol–water partition coefficient (Wildman–Crippen LogP) is 3.50. The molecule has 164 valence electrons. The number of primary amides is 1. The van der Waals surface area contributed by atoms with Gasteiger partial charge in [-0.1, -0.05) is 48.5 Å². The van der Waals surface area contributed by atoms with Crippen molar-refractivity contribution in [2.24, 2.45) is 5.73 Å². The van der Waals surface area contributed by atoms with E-state index in [2.05, 4.69) is 29.6 Å². The minimum atomic E-state index is -0.517. The van der Waals surface area contributed by atoms with Crippen LogP contribution in [0.3, 0.4) is 0 Å². The molecule has 0 aliphatic heterocycles. The monoisotopic (exact) mass is 424 g/mol. The molecule has 0 saturated carbocycles. The fraction of sp³-hybridized carbons (Fsp3) is 0.375. The van der Waals surface area contributed by atoms with E-state index < -0.39 is 18.0 Å². The van der Waals surface area contributed by atoms with Crippen molar-refractivity contribution in [2.75, 3.05) is 19.8 Å². The number of carbonyl (C=O) groups excluding carboxylic acids is 3. The van der Waals surface area contributed by atoms with E-state index in [0.29, 0.717) is 26.2 Å². The zero-order chi connectivity index (χ0) is 22.1. The highest BCUT2D eigenvalue weighted by molar-refractivity contribution is 5.80. The van der Waals surface area contributed by atoms with Gasteiger partial charge in [0.2, 0.25) is 5.91 Å². The van der Waals surface area contributed by atoms with Crippen LogP contribution in [0.25, 0.3) is 11.1 Å². The molecule has 31 heavy (non-hydrogen) atoms. The molecule has 3 N–H and O–H groups in total. The van der Waals surface area contributed by atoms with Crippen molar-refractivity contribution < 1.29 is 23.9 Å². The van der Waals surface area contributed by atoms with Crippen molar-refractivity contribution in [3.05, 3.63) is 59.7 Å². The first kappa shape index (κ1) is 22.3. The molecule has 0 atom stereocenters. The maximum atomic E-state index is 12.1. The largest absolute Gasteiger partial charge is 0.466 e. The van der Waals surface area contributed by atoms with Gasteiger partial charge in [-0.2, -0.15) is 0 Å². The van der Waals surface area contributed by atoms with Crippen LogP contribution in [-0.2, 0) is 19.1 Å². The lowest BCUT2D eigenvalue weighted by Gasteiger charge is -2.14. The molecule has 7 nitrogen and oxygen atoms in total. The van der Waals surface area contributed by atoms with E-state index in [4.69, 9.17) is 15.2 Å². The van der Waals surface area contributed by atoms with Crippen LogP contribution in [0.15, 0.2) is 48.5 Å². The Kier molecular flexibility index (Phi) is 8.04. The van der Waals surface area contributed by atoms with E-state index >= 15 is 0 Å². The summed E-state index contributed by atoms with van der Waals surface area (Å²) >= 11 is 0. The molecule has 2 aromatic rings. The third-order valence-corrected chi connectivity index (χ3v) is 5.27. The van der Waals surface area contributed by atoms with Gasteiger partial charge in [0.25, 0.3) is 0 Å². The van der Waals surface area contributed by atoms with Crippen LogP contribution in [0.1, 0.15) is 49.1 Å². The van der Waals surface area contributed by atoms with Gasteiger partial charge in [-0.3, -0.25) is 9.59 Å². The summed E-state index contributed by atoms with van der Waals surface area (Å²) < 4.78 is 10.5. The molecular weight excluding hydrogens is 396 g/mol. The highest BCUT2D eigenvalue weighted by atomic mass is 16.5. The van der Waals surface area contributed by atoms with Gasteiger partial charge < -0.3 is 20.5 Å². The number of amides is 2. The van der Waals surface area contributed by atoms with E-state index in [-0.39, 0.29) is 18.8 Å². The number of nitrogens with one attached hydrogen (secondary N) is 1. The van der Waals surface area contributed by atoms with Gasteiger partial charge in [-0.05, 0) is 41.5 Å². The average Bonchev–Trinajstić information content (AvgIpc) is 3.09. The van der Waals surface area contributed by atoms with Gasteiger partial charge in [-0.25, -0.2) is 4.79 Å². The topological polar surface area (TPSA) is 108 Å². The van der Waals surface area contributed by atoms with Crippen LogP contribution in [0, 0.1) is 0 Å². The molecule has 7 heteroatoms. The number of hydrogen-bond donors (Lipinski definition) is 2. The highest BCUT2D eigenvalue weighted by Gasteiger charge is 2.28. The normalized spacial score (nSPS) is 12.0. The molecule has 0 bridgehead atoms. The van der Waals surface area contributed by atoms with Crippen molar-refractivity contribution in [3.63, 3.8) is 0 Å². The van der Waals surface area contributed by atoms with Crippen molar-refractivity contribution >= 4 is 18.0 Å². The fourth-order valence-corrected chi connectivity index (χ4v) is 3.73. The Morgan fingerprint density at radius 1 is 0.839 bits per heavy atom. The molecule has 1 aliphatic carbocycles. The van der Waals surface area contributed by atoms with Gasteiger partial charge >= 0.3 is 12.1 Å². The molecule has 0 unspecified atom stereocenters. The van der Waals surface area contributed by atoms with Crippen molar-refractivity contribution in [2.45, 2.75) is 38.0 Å². The Labute approximate surface area is 181 Å². The van der Waals surface area contributed by atoms with E-state index in [0.717, 1.165) is 12.8 Å². The Balaban J connectivity index is 1.32. The summed E-state index contributed by atoms with van der Waals surface area (Å²) in [6.07, 6.45) is 1.83. The summed E-state index contributed by atoms with van der Waals surface area (Å²) in [6, 6.07) is 16.4. The third-order valence-electron chi connectivity index (χ3n) is 5.27. The Hall–Kier alpha value is -3.35. The smallest absolute Gasteiger partial charge is 0.407 e. The fourth-order valence-electron chi connectivity index (χ4n) is 3.73. The van der Waals surface area contributed by atoms with Gasteiger partial charge in [0.05, 0.1) is 13.0 Å². The molecule has 2 amide bonds. The van der Waals surface area contributed by atoms with Gasteiger partial charge in [0, 0.05) is 18.9 Å². The Morgan fingerprint density at radius 2 is 1.48 bits per heavy atom. The van der Waals surface area contributed by atoms with Gasteiger partial charge in [0.15, 0.2) is 0 Å². The second-order valence-corrected chi connectivity index (χ2v) is 7.50.